The van der Waals surface area contributed by atoms with Gasteiger partial charge in [0.15, 0.2) is 0 Å². The second-order valence-electron chi connectivity index (χ2n) is 4.07. The van der Waals surface area contributed by atoms with Crippen LogP contribution in [0, 0.1) is 0 Å². The first-order valence-electron chi connectivity index (χ1n) is 6.99. The zero-order valence-electron chi connectivity index (χ0n) is 12.1. The molecule has 2 nitrogen and oxygen atoms in total. The Morgan fingerprint density at radius 1 is 1.00 bits per heavy atom. The highest BCUT2D eigenvalue weighted by atomic mass is 16.5. The maximum Gasteiger partial charge on any atom is 0.142 e. The zero-order valence-corrected chi connectivity index (χ0v) is 12.1. The Balaban J connectivity index is 0. The number of hydrogen-bond acceptors (Lipinski definition) is 2. The third-order valence-corrected chi connectivity index (χ3v) is 2.24. The Morgan fingerprint density at radius 3 is 1.71 bits per heavy atom. The summed E-state index contributed by atoms with van der Waals surface area (Å²) in [7, 11) is 0. The average molecular weight is 242 g/mol. The van der Waals surface area contributed by atoms with Gasteiger partial charge in [0.25, 0.3) is 0 Å². The lowest BCUT2D eigenvalue weighted by Crippen LogP contribution is -2.01. The maximum absolute atomic E-state index is 9.71. The van der Waals surface area contributed by atoms with Crippen molar-refractivity contribution in [2.45, 2.75) is 72.3 Å². The van der Waals surface area contributed by atoms with E-state index >= 15 is 0 Å². The van der Waals surface area contributed by atoms with E-state index in [9.17, 15) is 4.79 Å². The van der Waals surface area contributed by atoms with E-state index < -0.39 is 0 Å². The zero-order chi connectivity index (χ0) is 13.4. The monoisotopic (exact) mass is 242 g/mol. The molecule has 1 aliphatic rings. The lowest BCUT2D eigenvalue weighted by Gasteiger charge is -2.05. The molecule has 17 heavy (non-hydrogen) atoms. The largest absolute Gasteiger partial charge is 0.375 e. The Hall–Kier alpha value is -0.630. The number of hydrogen-bond donors (Lipinski definition) is 0. The van der Waals surface area contributed by atoms with E-state index in [1.807, 2.05) is 27.7 Å². The molecule has 0 amide bonds. The van der Waals surface area contributed by atoms with Crippen LogP contribution in [0.1, 0.15) is 66.2 Å². The van der Waals surface area contributed by atoms with Gasteiger partial charge >= 0.3 is 0 Å². The number of carbonyl (C=O) groups is 1. The highest BCUT2D eigenvalue weighted by Crippen LogP contribution is 2.15. The Morgan fingerprint density at radius 2 is 1.41 bits per heavy atom. The predicted octanol–water partition coefficient (Wildman–Crippen LogP) is 4.53. The molecule has 1 saturated carbocycles. The third-order valence-electron chi connectivity index (χ3n) is 2.24. The SMILES string of the molecule is C1CCCCC1.CC.CC(C)OC/C=C\C=O. The molecule has 1 rings (SSSR count). The maximum atomic E-state index is 9.71. The molecule has 1 aliphatic carbocycles. The minimum atomic E-state index is 0.237. The molecule has 0 heterocycles. The van der Waals surface area contributed by atoms with Crippen LogP contribution in [0.4, 0.5) is 0 Å². The molecule has 0 spiro atoms. The summed E-state index contributed by atoms with van der Waals surface area (Å²) in [6, 6.07) is 0. The second-order valence-corrected chi connectivity index (χ2v) is 4.07. The van der Waals surface area contributed by atoms with Gasteiger partial charge in [0, 0.05) is 0 Å². The second kappa shape index (κ2) is 17.8. The number of ether oxygens (including phenoxy) is 1. The highest BCUT2D eigenvalue weighted by molar-refractivity contribution is 5.64. The lowest BCUT2D eigenvalue weighted by molar-refractivity contribution is -0.104. The summed E-state index contributed by atoms with van der Waals surface area (Å²) in [5.74, 6) is 0. The molecule has 0 aromatic heterocycles. The fourth-order valence-corrected chi connectivity index (χ4v) is 1.42. The fourth-order valence-electron chi connectivity index (χ4n) is 1.42. The standard InChI is InChI=1S/C7H12O2.C6H12.C2H6/c1-7(2)9-6-4-3-5-8;1-2-4-6-5-3-1;1-2/h3-5,7H,6H2,1-2H3;1-6H2;1-2H3/b4-3-;;. The minimum Gasteiger partial charge on any atom is -0.375 e. The Bertz CT molecular complexity index is 147. The molecule has 0 N–H and O–H groups in total. The number of aldehydes is 1. The third kappa shape index (κ3) is 21.3. The van der Waals surface area contributed by atoms with Gasteiger partial charge in [-0.3, -0.25) is 4.79 Å². The quantitative estimate of drug-likeness (QED) is 0.534. The van der Waals surface area contributed by atoms with Gasteiger partial charge in [-0.15, -0.1) is 0 Å². The van der Waals surface area contributed by atoms with E-state index in [2.05, 4.69) is 0 Å². The van der Waals surface area contributed by atoms with Gasteiger partial charge in [0.05, 0.1) is 12.7 Å². The van der Waals surface area contributed by atoms with Crippen molar-refractivity contribution < 1.29 is 9.53 Å². The molecule has 0 saturated heterocycles. The van der Waals surface area contributed by atoms with Crippen molar-refractivity contribution in [3.05, 3.63) is 12.2 Å². The highest BCUT2D eigenvalue weighted by Gasteiger charge is 1.95. The summed E-state index contributed by atoms with van der Waals surface area (Å²) in [6.45, 7) is 8.43. The van der Waals surface area contributed by atoms with Gasteiger partial charge in [-0.2, -0.15) is 0 Å². The fraction of sp³-hybridized carbons (Fsp3) is 0.800. The van der Waals surface area contributed by atoms with Crippen LogP contribution in [-0.2, 0) is 9.53 Å². The van der Waals surface area contributed by atoms with E-state index in [1.54, 1.807) is 6.08 Å². The van der Waals surface area contributed by atoms with Crippen molar-refractivity contribution in [3.8, 4) is 0 Å². The molecule has 1 fully saturated rings. The summed E-state index contributed by atoms with van der Waals surface area (Å²) in [6.07, 6.45) is 13.1. The smallest absolute Gasteiger partial charge is 0.142 e. The normalized spacial score (nSPS) is 14.6. The molecular formula is C15H30O2. The predicted molar refractivity (Wildman–Crippen MR) is 75.3 cm³/mol. The average Bonchev–Trinajstić information content (AvgIpc) is 2.40. The van der Waals surface area contributed by atoms with Crippen molar-refractivity contribution in [2.24, 2.45) is 0 Å². The Labute approximate surface area is 107 Å². The molecule has 102 valence electrons. The molecule has 0 aromatic carbocycles. The summed E-state index contributed by atoms with van der Waals surface area (Å²) in [4.78, 5) is 9.71. The molecule has 0 bridgehead atoms. The van der Waals surface area contributed by atoms with Crippen LogP contribution < -0.4 is 0 Å². The van der Waals surface area contributed by atoms with Crippen LogP contribution >= 0.6 is 0 Å². The number of allylic oxidation sites excluding steroid dienone is 1. The summed E-state index contributed by atoms with van der Waals surface area (Å²) in [5, 5.41) is 0. The van der Waals surface area contributed by atoms with Gasteiger partial charge in [-0.25, -0.2) is 0 Å². The van der Waals surface area contributed by atoms with Gasteiger partial charge in [-0.1, -0.05) is 58.4 Å². The van der Waals surface area contributed by atoms with Gasteiger partial charge < -0.3 is 4.74 Å². The van der Waals surface area contributed by atoms with E-state index in [-0.39, 0.29) is 6.10 Å². The molecule has 0 aromatic rings. The van der Waals surface area contributed by atoms with Crippen molar-refractivity contribution in [1.29, 1.82) is 0 Å². The molecule has 2 heteroatoms. The Kier molecular flexibility index (Phi) is 19.6. The van der Waals surface area contributed by atoms with E-state index in [1.165, 1.54) is 44.6 Å². The van der Waals surface area contributed by atoms with E-state index in [0.29, 0.717) is 6.61 Å². The molecule has 0 atom stereocenters. The topological polar surface area (TPSA) is 26.3 Å². The first kappa shape index (κ1) is 18.7. The number of carbonyl (C=O) groups excluding carboxylic acids is 1. The molecular weight excluding hydrogens is 212 g/mol. The van der Waals surface area contributed by atoms with E-state index in [4.69, 9.17) is 4.74 Å². The van der Waals surface area contributed by atoms with Crippen LogP contribution in [0.5, 0.6) is 0 Å². The molecule has 0 unspecified atom stereocenters. The van der Waals surface area contributed by atoms with Crippen LogP contribution in [0.3, 0.4) is 0 Å². The van der Waals surface area contributed by atoms with Crippen molar-refractivity contribution in [2.75, 3.05) is 6.61 Å². The summed E-state index contributed by atoms with van der Waals surface area (Å²) < 4.78 is 5.10. The van der Waals surface area contributed by atoms with E-state index in [0.717, 1.165) is 6.29 Å². The first-order chi connectivity index (χ1) is 8.27. The van der Waals surface area contributed by atoms with Crippen LogP contribution in [-0.4, -0.2) is 19.0 Å². The first-order valence-corrected chi connectivity index (χ1v) is 6.99. The molecule has 0 aliphatic heterocycles. The van der Waals surface area contributed by atoms with Crippen LogP contribution in [0.2, 0.25) is 0 Å². The van der Waals surface area contributed by atoms with Gasteiger partial charge in [0.1, 0.15) is 6.29 Å². The van der Waals surface area contributed by atoms with Crippen LogP contribution in [0.25, 0.3) is 0 Å². The lowest BCUT2D eigenvalue weighted by atomic mass is 10.0. The summed E-state index contributed by atoms with van der Waals surface area (Å²) >= 11 is 0. The summed E-state index contributed by atoms with van der Waals surface area (Å²) in [5.41, 5.74) is 0. The minimum absolute atomic E-state index is 0.237. The van der Waals surface area contributed by atoms with Crippen LogP contribution in [0.15, 0.2) is 12.2 Å². The van der Waals surface area contributed by atoms with Crippen molar-refractivity contribution >= 4 is 6.29 Å². The van der Waals surface area contributed by atoms with Gasteiger partial charge in [-0.05, 0) is 19.9 Å². The molecule has 0 radical (unpaired) electrons. The van der Waals surface area contributed by atoms with Gasteiger partial charge in [0.2, 0.25) is 0 Å². The van der Waals surface area contributed by atoms with Crippen molar-refractivity contribution in [1.82, 2.24) is 0 Å². The number of rotatable bonds is 4. The van der Waals surface area contributed by atoms with Crippen molar-refractivity contribution in [3.63, 3.8) is 0 Å².